The van der Waals surface area contributed by atoms with Crippen molar-refractivity contribution in [2.24, 2.45) is 58.2 Å². The molecule has 0 aromatic heterocycles. The van der Waals surface area contributed by atoms with E-state index in [4.69, 9.17) is 14.2 Å². The third kappa shape index (κ3) is 3.86. The summed E-state index contributed by atoms with van der Waals surface area (Å²) in [5.74, 6) is 5.07. The highest BCUT2D eigenvalue weighted by Gasteiger charge is 2.63. The average Bonchev–Trinajstić information content (AvgIpc) is 2.92. The molecule has 2 atom stereocenters. The van der Waals surface area contributed by atoms with Gasteiger partial charge in [0.25, 0.3) is 0 Å². The van der Waals surface area contributed by atoms with Gasteiger partial charge in [0.1, 0.15) is 11.2 Å². The zero-order chi connectivity index (χ0) is 27.2. The Bertz CT molecular complexity index is 946. The van der Waals surface area contributed by atoms with Gasteiger partial charge in [-0.3, -0.25) is 9.59 Å². The maximum Gasteiger partial charge on any atom is 0.315 e. The summed E-state index contributed by atoms with van der Waals surface area (Å²) in [6.07, 6.45) is 15.4. The summed E-state index contributed by atoms with van der Waals surface area (Å²) in [7, 11) is 0. The Kier molecular flexibility index (Phi) is 6.32. The molecule has 1 heterocycles. The molecule has 9 rings (SSSR count). The highest BCUT2D eigenvalue weighted by molar-refractivity contribution is 5.82. The van der Waals surface area contributed by atoms with Gasteiger partial charge in [-0.1, -0.05) is 20.8 Å². The quantitative estimate of drug-likeness (QED) is 0.322. The molecule has 9 aliphatic rings. The summed E-state index contributed by atoms with van der Waals surface area (Å²) < 4.78 is 19.7. The first-order chi connectivity index (χ1) is 18.7. The number of rotatable bonds is 7. The number of ether oxygens (including phenoxy) is 3. The number of carbonyl (C=O) groups excluding carboxylic acids is 2. The Balaban J connectivity index is 1.11. The van der Waals surface area contributed by atoms with Crippen molar-refractivity contribution in [3.63, 3.8) is 0 Å². The Morgan fingerprint density at radius 1 is 0.615 bits per heavy atom. The molecule has 8 aliphatic carbocycles. The molecule has 5 nitrogen and oxygen atoms in total. The second-order valence-corrected chi connectivity index (χ2v) is 15.9. The highest BCUT2D eigenvalue weighted by Crippen LogP contribution is 2.63. The van der Waals surface area contributed by atoms with E-state index in [0.29, 0.717) is 49.7 Å². The number of esters is 2. The zero-order valence-corrected chi connectivity index (χ0v) is 25.0. The lowest BCUT2D eigenvalue weighted by atomic mass is 9.49. The Labute approximate surface area is 235 Å². The van der Waals surface area contributed by atoms with Crippen LogP contribution in [0.1, 0.15) is 118 Å². The van der Waals surface area contributed by atoms with Crippen molar-refractivity contribution in [2.75, 3.05) is 13.2 Å². The normalized spacial score (nSPS) is 53.1. The van der Waals surface area contributed by atoms with Gasteiger partial charge in [-0.15, -0.1) is 0 Å². The van der Waals surface area contributed by atoms with E-state index < -0.39 is 10.8 Å². The third-order valence-electron chi connectivity index (χ3n) is 13.8. The van der Waals surface area contributed by atoms with Gasteiger partial charge in [-0.05, 0) is 144 Å². The van der Waals surface area contributed by atoms with Gasteiger partial charge in [-0.2, -0.15) is 0 Å². The Hall–Kier alpha value is -1.10. The molecular formula is C34H52O5. The third-order valence-corrected chi connectivity index (χ3v) is 13.8. The van der Waals surface area contributed by atoms with Gasteiger partial charge in [0.15, 0.2) is 0 Å². The molecule has 2 unspecified atom stereocenters. The molecule has 0 radical (unpaired) electrons. The van der Waals surface area contributed by atoms with Crippen LogP contribution in [0.2, 0.25) is 0 Å². The van der Waals surface area contributed by atoms with Gasteiger partial charge in [0, 0.05) is 0 Å². The smallest absolute Gasteiger partial charge is 0.315 e. The summed E-state index contributed by atoms with van der Waals surface area (Å²) >= 11 is 0. The van der Waals surface area contributed by atoms with Crippen LogP contribution < -0.4 is 0 Å². The first kappa shape index (κ1) is 26.8. The van der Waals surface area contributed by atoms with Crippen molar-refractivity contribution in [2.45, 2.75) is 129 Å². The van der Waals surface area contributed by atoms with Gasteiger partial charge in [0.2, 0.25) is 0 Å². The summed E-state index contributed by atoms with van der Waals surface area (Å²) in [6.45, 7) is 9.18. The first-order valence-corrected chi connectivity index (χ1v) is 16.7. The average molecular weight is 541 g/mol. The van der Waals surface area contributed by atoms with Crippen molar-refractivity contribution in [1.29, 1.82) is 0 Å². The molecule has 1 aliphatic heterocycles. The predicted octanol–water partition coefficient (Wildman–Crippen LogP) is 7.11. The lowest BCUT2D eigenvalue weighted by Crippen LogP contribution is -2.62. The van der Waals surface area contributed by atoms with Crippen LogP contribution in [0.15, 0.2) is 0 Å². The van der Waals surface area contributed by atoms with E-state index in [1.807, 2.05) is 6.92 Å². The van der Waals surface area contributed by atoms with Crippen LogP contribution in [0.4, 0.5) is 0 Å². The van der Waals surface area contributed by atoms with E-state index in [1.54, 1.807) is 0 Å². The zero-order valence-electron chi connectivity index (χ0n) is 25.0. The van der Waals surface area contributed by atoms with Gasteiger partial charge < -0.3 is 14.2 Å². The minimum atomic E-state index is -0.826. The van der Waals surface area contributed by atoms with Gasteiger partial charge >= 0.3 is 11.9 Å². The molecule has 0 aromatic carbocycles. The fourth-order valence-electron chi connectivity index (χ4n) is 12.1. The van der Waals surface area contributed by atoms with Crippen LogP contribution in [0.25, 0.3) is 0 Å². The molecule has 0 amide bonds. The van der Waals surface area contributed by atoms with Crippen LogP contribution in [0, 0.1) is 58.2 Å². The van der Waals surface area contributed by atoms with E-state index in [0.717, 1.165) is 36.5 Å². The maximum absolute atomic E-state index is 14.3. The lowest BCUT2D eigenvalue weighted by molar-refractivity contribution is -0.236. The minimum Gasteiger partial charge on any atom is -0.458 e. The van der Waals surface area contributed by atoms with Crippen LogP contribution >= 0.6 is 0 Å². The molecule has 8 saturated carbocycles. The van der Waals surface area contributed by atoms with Crippen LogP contribution in [0.5, 0.6) is 0 Å². The molecular weight excluding hydrogens is 488 g/mol. The molecule has 218 valence electrons. The molecule has 5 heteroatoms. The van der Waals surface area contributed by atoms with E-state index in [2.05, 4.69) is 20.8 Å². The molecule has 0 N–H and O–H groups in total. The second-order valence-electron chi connectivity index (χ2n) is 15.9. The monoisotopic (exact) mass is 540 g/mol. The van der Waals surface area contributed by atoms with Crippen molar-refractivity contribution in [3.05, 3.63) is 0 Å². The standard InChI is InChI=1S/C34H52O5/c1-5-32(30(36)39-34(7-3)27-14-23-9-24(16-27)17-28(34)15-23)18-31(4,19-37-20-32)29(35)38-33(6-2)25-10-21-8-22(12-25)13-26(33)11-21/h21-28H,5-20H2,1-4H3. The fraction of sp³-hybridized carbons (Fsp3) is 0.941. The SMILES string of the molecule is CCC1(C(=O)OC2(CC)C3CC4CC(C3)CC2C4)COCC(C)(C(=O)OC2(CC)C3CC4CC(C3)CC2C4)C1. The Morgan fingerprint density at radius 3 is 1.41 bits per heavy atom. The van der Waals surface area contributed by atoms with Crippen LogP contribution in [0.3, 0.4) is 0 Å². The number of hydrogen-bond acceptors (Lipinski definition) is 5. The Morgan fingerprint density at radius 2 is 1.03 bits per heavy atom. The molecule has 39 heavy (non-hydrogen) atoms. The second kappa shape index (κ2) is 9.20. The van der Waals surface area contributed by atoms with E-state index in [-0.39, 0.29) is 23.1 Å². The van der Waals surface area contributed by atoms with Crippen molar-refractivity contribution >= 4 is 11.9 Å². The fourth-order valence-corrected chi connectivity index (χ4v) is 12.1. The van der Waals surface area contributed by atoms with E-state index in [1.165, 1.54) is 64.2 Å². The first-order valence-electron chi connectivity index (χ1n) is 16.7. The highest BCUT2D eigenvalue weighted by atomic mass is 16.6. The molecule has 1 saturated heterocycles. The van der Waals surface area contributed by atoms with E-state index >= 15 is 0 Å². The summed E-state index contributed by atoms with van der Waals surface area (Å²) in [5, 5.41) is 0. The van der Waals surface area contributed by atoms with Gasteiger partial charge in [0.05, 0.1) is 24.0 Å². The summed E-state index contributed by atoms with van der Waals surface area (Å²) in [4.78, 5) is 28.4. The maximum atomic E-state index is 14.3. The topological polar surface area (TPSA) is 61.8 Å². The van der Waals surface area contributed by atoms with Crippen molar-refractivity contribution in [1.82, 2.24) is 0 Å². The van der Waals surface area contributed by atoms with Crippen molar-refractivity contribution < 1.29 is 23.8 Å². The minimum absolute atomic E-state index is 0.113. The molecule has 8 bridgehead atoms. The summed E-state index contributed by atoms with van der Waals surface area (Å²) in [6, 6.07) is 0. The van der Waals surface area contributed by atoms with Crippen molar-refractivity contribution in [3.8, 4) is 0 Å². The predicted molar refractivity (Wildman–Crippen MR) is 149 cm³/mol. The molecule has 0 aromatic rings. The summed E-state index contributed by atoms with van der Waals surface area (Å²) in [5.41, 5.74) is -2.26. The largest absolute Gasteiger partial charge is 0.458 e. The van der Waals surface area contributed by atoms with Crippen LogP contribution in [-0.4, -0.2) is 36.4 Å². The van der Waals surface area contributed by atoms with Gasteiger partial charge in [-0.25, -0.2) is 0 Å². The number of carbonyl (C=O) groups is 2. The molecule has 9 fully saturated rings. The molecule has 0 spiro atoms. The lowest BCUT2D eigenvalue weighted by Gasteiger charge is -2.61. The number of hydrogen-bond donors (Lipinski definition) is 0. The van der Waals surface area contributed by atoms with Crippen LogP contribution in [-0.2, 0) is 23.8 Å². The van der Waals surface area contributed by atoms with E-state index in [9.17, 15) is 9.59 Å².